The van der Waals surface area contributed by atoms with Crippen LogP contribution in [-0.4, -0.2) is 18.1 Å². The van der Waals surface area contributed by atoms with Gasteiger partial charge in [0.2, 0.25) is 0 Å². The van der Waals surface area contributed by atoms with E-state index in [2.05, 4.69) is 29.4 Å². The maximum absolute atomic E-state index is 6.22. The van der Waals surface area contributed by atoms with E-state index in [-0.39, 0.29) is 0 Å². The molecule has 1 N–H and O–H groups in total. The molecule has 2 nitrogen and oxygen atoms in total. The molecule has 1 heterocycles. The fraction of sp³-hybridized carbons (Fsp3) is 0.400. The zero-order chi connectivity index (χ0) is 12.5. The molecule has 1 aromatic carbocycles. The second-order valence-corrected chi connectivity index (χ2v) is 5.35. The fourth-order valence-electron chi connectivity index (χ4n) is 2.64. The molecular weight excluding hydrogens is 244 g/mol. The van der Waals surface area contributed by atoms with Gasteiger partial charge in [-0.3, -0.25) is 4.98 Å². The number of rotatable bonds is 4. The highest BCUT2D eigenvalue weighted by Crippen LogP contribution is 2.49. The predicted octanol–water partition coefficient (Wildman–Crippen LogP) is 3.60. The number of nitrogens with zero attached hydrogens (tertiary/aromatic N) is 1. The van der Waals surface area contributed by atoms with Gasteiger partial charge in [0.15, 0.2) is 0 Å². The molecular formula is C15H17ClN2. The van der Waals surface area contributed by atoms with E-state index in [0.29, 0.717) is 5.92 Å². The van der Waals surface area contributed by atoms with Crippen molar-refractivity contribution in [3.05, 3.63) is 41.0 Å². The number of fused-ring (bicyclic) bond motifs is 1. The molecule has 0 spiro atoms. The molecule has 94 valence electrons. The van der Waals surface area contributed by atoms with Gasteiger partial charge >= 0.3 is 0 Å². The summed E-state index contributed by atoms with van der Waals surface area (Å²) in [6.07, 6.45) is 3.12. The zero-order valence-corrected chi connectivity index (χ0v) is 11.2. The van der Waals surface area contributed by atoms with Gasteiger partial charge < -0.3 is 5.32 Å². The number of pyridine rings is 1. The van der Waals surface area contributed by atoms with Crippen LogP contribution in [0.15, 0.2) is 30.5 Å². The summed E-state index contributed by atoms with van der Waals surface area (Å²) in [5.74, 6) is 1.41. The lowest BCUT2D eigenvalue weighted by Crippen LogP contribution is -2.16. The third kappa shape index (κ3) is 2.11. The molecule has 2 atom stereocenters. The smallest absolute Gasteiger partial charge is 0.0751 e. The largest absolute Gasteiger partial charge is 0.317 e. The summed E-state index contributed by atoms with van der Waals surface area (Å²) in [6.45, 7) is 4.30. The third-order valence-electron chi connectivity index (χ3n) is 3.73. The van der Waals surface area contributed by atoms with Crippen molar-refractivity contribution in [3.63, 3.8) is 0 Å². The number of halogens is 1. The molecule has 1 aliphatic carbocycles. The Morgan fingerprint density at radius 1 is 1.39 bits per heavy atom. The van der Waals surface area contributed by atoms with E-state index in [0.717, 1.165) is 34.9 Å². The Bertz CT molecular complexity index is 567. The number of aromatic nitrogens is 1. The van der Waals surface area contributed by atoms with Crippen LogP contribution < -0.4 is 5.32 Å². The Morgan fingerprint density at radius 2 is 2.28 bits per heavy atom. The van der Waals surface area contributed by atoms with E-state index in [4.69, 9.17) is 11.6 Å². The molecule has 0 amide bonds. The van der Waals surface area contributed by atoms with Crippen molar-refractivity contribution in [2.45, 2.75) is 19.3 Å². The molecule has 0 saturated heterocycles. The summed E-state index contributed by atoms with van der Waals surface area (Å²) < 4.78 is 0. The molecule has 18 heavy (non-hydrogen) atoms. The van der Waals surface area contributed by atoms with Gasteiger partial charge in [-0.1, -0.05) is 24.6 Å². The van der Waals surface area contributed by atoms with Gasteiger partial charge in [0.05, 0.1) is 5.52 Å². The van der Waals surface area contributed by atoms with Crippen molar-refractivity contribution in [2.24, 2.45) is 5.92 Å². The van der Waals surface area contributed by atoms with Gasteiger partial charge in [-0.15, -0.1) is 0 Å². The van der Waals surface area contributed by atoms with Gasteiger partial charge in [0, 0.05) is 16.6 Å². The second kappa shape index (κ2) is 4.87. The maximum Gasteiger partial charge on any atom is 0.0751 e. The Hall–Kier alpha value is -1.12. The number of hydrogen-bond acceptors (Lipinski definition) is 2. The van der Waals surface area contributed by atoms with E-state index in [9.17, 15) is 0 Å². The molecule has 0 bridgehead atoms. The first-order valence-corrected chi connectivity index (χ1v) is 6.93. The maximum atomic E-state index is 6.22. The summed E-state index contributed by atoms with van der Waals surface area (Å²) in [5.41, 5.74) is 2.44. The Morgan fingerprint density at radius 3 is 3.11 bits per heavy atom. The summed E-state index contributed by atoms with van der Waals surface area (Å²) in [7, 11) is 0. The topological polar surface area (TPSA) is 24.9 Å². The third-order valence-corrected chi connectivity index (χ3v) is 4.06. The molecule has 0 aliphatic heterocycles. The molecule has 0 radical (unpaired) electrons. The van der Waals surface area contributed by atoms with Crippen molar-refractivity contribution < 1.29 is 0 Å². The number of nitrogens with one attached hydrogen (secondary N) is 1. The van der Waals surface area contributed by atoms with E-state index >= 15 is 0 Å². The van der Waals surface area contributed by atoms with Gasteiger partial charge in [-0.2, -0.15) is 0 Å². The van der Waals surface area contributed by atoms with Gasteiger partial charge in [0.25, 0.3) is 0 Å². The molecule has 3 rings (SSSR count). The molecule has 1 fully saturated rings. The molecule has 1 saturated carbocycles. The van der Waals surface area contributed by atoms with Crippen molar-refractivity contribution in [3.8, 4) is 0 Å². The predicted molar refractivity (Wildman–Crippen MR) is 76.1 cm³/mol. The minimum Gasteiger partial charge on any atom is -0.317 e. The number of hydrogen-bond donors (Lipinski definition) is 1. The highest BCUT2D eigenvalue weighted by molar-refractivity contribution is 6.35. The lowest BCUT2D eigenvalue weighted by Gasteiger charge is -2.07. The highest BCUT2D eigenvalue weighted by Gasteiger charge is 2.38. The zero-order valence-electron chi connectivity index (χ0n) is 10.5. The molecule has 1 aliphatic rings. The molecule has 1 aromatic heterocycles. The Kier molecular flexibility index (Phi) is 3.23. The summed E-state index contributed by atoms with van der Waals surface area (Å²) >= 11 is 6.22. The normalized spacial score (nSPS) is 22.3. The van der Waals surface area contributed by atoms with Crippen LogP contribution in [0.4, 0.5) is 0 Å². The first-order chi connectivity index (χ1) is 8.81. The van der Waals surface area contributed by atoms with Crippen LogP contribution >= 0.6 is 11.6 Å². The highest BCUT2D eigenvalue weighted by atomic mass is 35.5. The Labute approximate surface area is 112 Å². The second-order valence-electron chi connectivity index (χ2n) is 4.95. The van der Waals surface area contributed by atoms with Gasteiger partial charge in [0.1, 0.15) is 0 Å². The summed E-state index contributed by atoms with van der Waals surface area (Å²) in [4.78, 5) is 4.51. The average Bonchev–Trinajstić information content (AvgIpc) is 3.16. The monoisotopic (exact) mass is 260 g/mol. The van der Waals surface area contributed by atoms with Crippen molar-refractivity contribution in [2.75, 3.05) is 13.1 Å². The molecule has 2 unspecified atom stereocenters. The SMILES string of the molecule is CCNCC1CC1c1ccc(Cl)c2cccnc12. The first kappa shape index (κ1) is 11.9. The minimum atomic E-state index is 0.652. The van der Waals surface area contributed by atoms with Crippen LogP contribution in [0.2, 0.25) is 5.02 Å². The van der Waals surface area contributed by atoms with Crippen LogP contribution in [0.3, 0.4) is 0 Å². The van der Waals surface area contributed by atoms with Gasteiger partial charge in [-0.05, 0) is 55.1 Å². The van der Waals surface area contributed by atoms with Crippen molar-refractivity contribution in [1.82, 2.24) is 10.3 Å². The van der Waals surface area contributed by atoms with Crippen LogP contribution in [0.5, 0.6) is 0 Å². The van der Waals surface area contributed by atoms with Gasteiger partial charge in [-0.25, -0.2) is 0 Å². The standard InChI is InChI=1S/C15H17ClN2/c1-2-17-9-10-8-13(10)11-5-6-14(16)12-4-3-7-18-15(11)12/h3-7,10,13,17H,2,8-9H2,1H3. The van der Waals surface area contributed by atoms with E-state index < -0.39 is 0 Å². The Balaban J connectivity index is 1.92. The number of benzene rings is 1. The quantitative estimate of drug-likeness (QED) is 0.909. The van der Waals surface area contributed by atoms with E-state index in [1.807, 2.05) is 18.3 Å². The molecule has 2 aromatic rings. The summed E-state index contributed by atoms with van der Waals surface area (Å²) in [6, 6.07) is 8.15. The van der Waals surface area contributed by atoms with Crippen LogP contribution in [-0.2, 0) is 0 Å². The van der Waals surface area contributed by atoms with E-state index in [1.165, 1.54) is 12.0 Å². The van der Waals surface area contributed by atoms with E-state index in [1.54, 1.807) is 0 Å². The first-order valence-electron chi connectivity index (χ1n) is 6.55. The lowest BCUT2D eigenvalue weighted by atomic mass is 10.0. The summed E-state index contributed by atoms with van der Waals surface area (Å²) in [5, 5.41) is 5.29. The van der Waals surface area contributed by atoms with Crippen molar-refractivity contribution >= 4 is 22.5 Å². The van der Waals surface area contributed by atoms with Crippen LogP contribution in [0, 0.1) is 5.92 Å². The minimum absolute atomic E-state index is 0.652. The molecule has 3 heteroatoms. The lowest BCUT2D eigenvalue weighted by molar-refractivity contribution is 0.650. The average molecular weight is 261 g/mol. The van der Waals surface area contributed by atoms with Crippen LogP contribution in [0.25, 0.3) is 10.9 Å². The fourth-order valence-corrected chi connectivity index (χ4v) is 2.86. The van der Waals surface area contributed by atoms with Crippen molar-refractivity contribution in [1.29, 1.82) is 0 Å². The van der Waals surface area contributed by atoms with Crippen LogP contribution in [0.1, 0.15) is 24.8 Å².